The number of hydrogen-bond acceptors (Lipinski definition) is 3. The minimum Gasteiger partial charge on any atom is -0.296 e. The van der Waals surface area contributed by atoms with Gasteiger partial charge in [0.25, 0.3) is 0 Å². The van der Waals surface area contributed by atoms with E-state index < -0.39 is 0 Å². The van der Waals surface area contributed by atoms with Crippen molar-refractivity contribution < 1.29 is 4.79 Å². The van der Waals surface area contributed by atoms with Crippen molar-refractivity contribution in [3.63, 3.8) is 0 Å². The second-order valence-corrected chi connectivity index (χ2v) is 3.53. The van der Waals surface area contributed by atoms with E-state index in [9.17, 15) is 4.79 Å². The van der Waals surface area contributed by atoms with E-state index in [1.54, 1.807) is 6.20 Å². The van der Waals surface area contributed by atoms with Gasteiger partial charge >= 0.3 is 0 Å². The SMILES string of the molecule is O=Cc1cn(C2CCCCC2)nn1. The molecule has 1 fully saturated rings. The Kier molecular flexibility index (Phi) is 2.38. The first-order chi connectivity index (χ1) is 6.40. The van der Waals surface area contributed by atoms with Crippen molar-refractivity contribution in [2.75, 3.05) is 0 Å². The molecule has 0 aromatic carbocycles. The fourth-order valence-electron chi connectivity index (χ4n) is 1.87. The molecule has 4 nitrogen and oxygen atoms in total. The Morgan fingerprint density at radius 1 is 1.38 bits per heavy atom. The van der Waals surface area contributed by atoms with Crippen molar-refractivity contribution in [1.82, 2.24) is 15.0 Å². The lowest BCUT2D eigenvalue weighted by molar-refractivity contribution is 0.111. The highest BCUT2D eigenvalue weighted by molar-refractivity contribution is 5.70. The van der Waals surface area contributed by atoms with Gasteiger partial charge in [-0.25, -0.2) is 4.68 Å². The molecule has 0 spiro atoms. The van der Waals surface area contributed by atoms with E-state index in [2.05, 4.69) is 10.3 Å². The highest BCUT2D eigenvalue weighted by Crippen LogP contribution is 2.26. The van der Waals surface area contributed by atoms with Crippen LogP contribution in [0.5, 0.6) is 0 Å². The second-order valence-electron chi connectivity index (χ2n) is 3.53. The van der Waals surface area contributed by atoms with Gasteiger partial charge in [-0.2, -0.15) is 0 Å². The van der Waals surface area contributed by atoms with Crippen LogP contribution >= 0.6 is 0 Å². The summed E-state index contributed by atoms with van der Waals surface area (Å²) in [6.07, 6.45) is 8.67. The summed E-state index contributed by atoms with van der Waals surface area (Å²) >= 11 is 0. The second kappa shape index (κ2) is 3.68. The number of carbonyl (C=O) groups excluding carboxylic acids is 1. The number of nitrogens with zero attached hydrogens (tertiary/aromatic N) is 3. The molecule has 4 heteroatoms. The van der Waals surface area contributed by atoms with Crippen molar-refractivity contribution >= 4 is 6.29 Å². The first kappa shape index (κ1) is 8.41. The molecule has 1 aliphatic rings. The van der Waals surface area contributed by atoms with Crippen molar-refractivity contribution in [3.8, 4) is 0 Å². The van der Waals surface area contributed by atoms with Crippen LogP contribution in [0, 0.1) is 0 Å². The molecular formula is C9H13N3O. The maximum atomic E-state index is 10.4. The molecule has 0 bridgehead atoms. The molecule has 1 saturated carbocycles. The molecule has 70 valence electrons. The van der Waals surface area contributed by atoms with Gasteiger partial charge in [0, 0.05) is 0 Å². The molecule has 0 saturated heterocycles. The summed E-state index contributed by atoms with van der Waals surface area (Å²) in [5.74, 6) is 0. The van der Waals surface area contributed by atoms with Crippen molar-refractivity contribution in [3.05, 3.63) is 11.9 Å². The van der Waals surface area contributed by atoms with Gasteiger partial charge in [-0.05, 0) is 12.8 Å². The van der Waals surface area contributed by atoms with E-state index in [0.29, 0.717) is 11.7 Å². The molecule has 1 aromatic rings. The van der Waals surface area contributed by atoms with Crippen LogP contribution in [0.4, 0.5) is 0 Å². The summed E-state index contributed by atoms with van der Waals surface area (Å²) in [4.78, 5) is 10.4. The fourth-order valence-corrected chi connectivity index (χ4v) is 1.87. The standard InChI is InChI=1S/C9H13N3O/c13-7-8-6-12(11-10-8)9-4-2-1-3-5-9/h6-7,9H,1-5H2. The van der Waals surface area contributed by atoms with Crippen LogP contribution in [0.1, 0.15) is 48.6 Å². The molecule has 1 aromatic heterocycles. The normalized spacial score (nSPS) is 18.8. The Morgan fingerprint density at radius 2 is 2.15 bits per heavy atom. The third-order valence-corrected chi connectivity index (χ3v) is 2.60. The summed E-state index contributed by atoms with van der Waals surface area (Å²) < 4.78 is 1.84. The van der Waals surface area contributed by atoms with Crippen molar-refractivity contribution in [2.24, 2.45) is 0 Å². The van der Waals surface area contributed by atoms with Gasteiger partial charge in [-0.15, -0.1) is 5.10 Å². The summed E-state index contributed by atoms with van der Waals surface area (Å²) in [7, 11) is 0. The summed E-state index contributed by atoms with van der Waals surface area (Å²) in [5, 5.41) is 7.70. The Morgan fingerprint density at radius 3 is 2.77 bits per heavy atom. The molecule has 0 radical (unpaired) electrons. The fraction of sp³-hybridized carbons (Fsp3) is 0.667. The lowest BCUT2D eigenvalue weighted by Gasteiger charge is -2.20. The van der Waals surface area contributed by atoms with Crippen LogP contribution in [0.25, 0.3) is 0 Å². The van der Waals surface area contributed by atoms with Gasteiger partial charge in [-0.1, -0.05) is 24.5 Å². The van der Waals surface area contributed by atoms with Gasteiger partial charge in [0.15, 0.2) is 6.29 Å². The Bertz CT molecular complexity index is 289. The molecule has 0 N–H and O–H groups in total. The van der Waals surface area contributed by atoms with Gasteiger partial charge in [0.1, 0.15) is 5.69 Å². The molecule has 1 heterocycles. The molecule has 0 amide bonds. The van der Waals surface area contributed by atoms with Crippen LogP contribution in [0.15, 0.2) is 6.20 Å². The van der Waals surface area contributed by atoms with Gasteiger partial charge in [0.05, 0.1) is 12.2 Å². The van der Waals surface area contributed by atoms with Crippen molar-refractivity contribution in [1.29, 1.82) is 0 Å². The zero-order chi connectivity index (χ0) is 9.10. The van der Waals surface area contributed by atoms with E-state index in [0.717, 1.165) is 6.29 Å². The van der Waals surface area contributed by atoms with E-state index in [4.69, 9.17) is 0 Å². The molecule has 0 unspecified atom stereocenters. The molecule has 0 aliphatic heterocycles. The molecule has 1 aliphatic carbocycles. The topological polar surface area (TPSA) is 47.8 Å². The maximum Gasteiger partial charge on any atom is 0.171 e. The van der Waals surface area contributed by atoms with Crippen LogP contribution in [-0.2, 0) is 0 Å². The first-order valence-electron chi connectivity index (χ1n) is 4.77. The van der Waals surface area contributed by atoms with Crippen LogP contribution in [0.2, 0.25) is 0 Å². The Labute approximate surface area is 76.9 Å². The zero-order valence-electron chi connectivity index (χ0n) is 7.52. The average molecular weight is 179 g/mol. The van der Waals surface area contributed by atoms with Crippen molar-refractivity contribution in [2.45, 2.75) is 38.1 Å². The van der Waals surface area contributed by atoms with Crippen LogP contribution in [-0.4, -0.2) is 21.3 Å². The van der Waals surface area contributed by atoms with Crippen LogP contribution in [0.3, 0.4) is 0 Å². The Hall–Kier alpha value is -1.19. The third kappa shape index (κ3) is 1.76. The zero-order valence-corrected chi connectivity index (χ0v) is 7.52. The highest BCUT2D eigenvalue weighted by Gasteiger charge is 2.16. The van der Waals surface area contributed by atoms with E-state index in [1.807, 2.05) is 4.68 Å². The van der Waals surface area contributed by atoms with Gasteiger partial charge < -0.3 is 0 Å². The maximum absolute atomic E-state index is 10.4. The number of aromatic nitrogens is 3. The lowest BCUT2D eigenvalue weighted by Crippen LogP contribution is -2.13. The highest BCUT2D eigenvalue weighted by atomic mass is 16.1. The van der Waals surface area contributed by atoms with Crippen LogP contribution < -0.4 is 0 Å². The van der Waals surface area contributed by atoms with E-state index >= 15 is 0 Å². The van der Waals surface area contributed by atoms with Gasteiger partial charge in [0.2, 0.25) is 0 Å². The first-order valence-corrected chi connectivity index (χ1v) is 4.77. The Balaban J connectivity index is 2.09. The number of rotatable bonds is 2. The summed E-state index contributed by atoms with van der Waals surface area (Å²) in [6, 6.07) is 0.468. The van der Waals surface area contributed by atoms with E-state index in [-0.39, 0.29) is 0 Å². The minimum absolute atomic E-state index is 0.436. The predicted molar refractivity (Wildman–Crippen MR) is 47.5 cm³/mol. The molecule has 2 rings (SSSR count). The number of hydrogen-bond donors (Lipinski definition) is 0. The molecular weight excluding hydrogens is 166 g/mol. The largest absolute Gasteiger partial charge is 0.296 e. The third-order valence-electron chi connectivity index (χ3n) is 2.60. The quantitative estimate of drug-likeness (QED) is 0.648. The molecule has 0 atom stereocenters. The minimum atomic E-state index is 0.436. The number of carbonyl (C=O) groups is 1. The van der Waals surface area contributed by atoms with Gasteiger partial charge in [-0.3, -0.25) is 4.79 Å². The average Bonchev–Trinajstić information content (AvgIpc) is 2.67. The lowest BCUT2D eigenvalue weighted by atomic mass is 9.96. The summed E-state index contributed by atoms with van der Waals surface area (Å²) in [5.41, 5.74) is 0.436. The molecule has 13 heavy (non-hydrogen) atoms. The predicted octanol–water partition coefficient (Wildman–Crippen LogP) is 1.60. The number of aldehydes is 1. The summed E-state index contributed by atoms with van der Waals surface area (Å²) in [6.45, 7) is 0. The van der Waals surface area contributed by atoms with E-state index in [1.165, 1.54) is 32.1 Å². The smallest absolute Gasteiger partial charge is 0.171 e. The monoisotopic (exact) mass is 179 g/mol.